The van der Waals surface area contributed by atoms with Crippen molar-refractivity contribution in [1.29, 1.82) is 0 Å². The van der Waals surface area contributed by atoms with Crippen molar-refractivity contribution in [1.82, 2.24) is 24.7 Å². The van der Waals surface area contributed by atoms with Gasteiger partial charge in [-0.3, -0.25) is 9.59 Å². The molecule has 0 radical (unpaired) electrons. The summed E-state index contributed by atoms with van der Waals surface area (Å²) in [6.07, 6.45) is 0.958. The van der Waals surface area contributed by atoms with E-state index in [-0.39, 0.29) is 18.0 Å². The number of fused-ring (bicyclic) bond motifs is 1. The van der Waals surface area contributed by atoms with E-state index in [2.05, 4.69) is 22.4 Å². The third kappa shape index (κ3) is 4.51. The number of halogens is 1. The molecule has 158 valence electrons. The normalized spacial score (nSPS) is 11.1. The maximum atomic E-state index is 12.9. The molecule has 0 bridgehead atoms. The van der Waals surface area contributed by atoms with Crippen LogP contribution < -0.4 is 10.9 Å². The van der Waals surface area contributed by atoms with Crippen LogP contribution in [0.4, 0.5) is 0 Å². The van der Waals surface area contributed by atoms with E-state index >= 15 is 0 Å². The number of benzene rings is 2. The number of nitrogens with zero attached hydrogens (tertiary/aromatic N) is 4. The first-order chi connectivity index (χ1) is 14.9. The Hall–Kier alpha value is -3.45. The largest absolute Gasteiger partial charge is 0.350 e. The minimum atomic E-state index is -0.365. The van der Waals surface area contributed by atoms with E-state index in [1.54, 1.807) is 25.1 Å². The van der Waals surface area contributed by atoms with Crippen LogP contribution in [0.2, 0.25) is 5.02 Å². The van der Waals surface area contributed by atoms with Crippen molar-refractivity contribution in [2.24, 2.45) is 0 Å². The van der Waals surface area contributed by atoms with E-state index in [4.69, 9.17) is 11.6 Å². The van der Waals surface area contributed by atoms with Gasteiger partial charge in [-0.25, -0.2) is 9.20 Å². The van der Waals surface area contributed by atoms with Gasteiger partial charge in [0.05, 0.1) is 5.69 Å². The van der Waals surface area contributed by atoms with Crippen LogP contribution >= 0.6 is 11.6 Å². The van der Waals surface area contributed by atoms with Crippen LogP contribution in [0.1, 0.15) is 23.9 Å². The van der Waals surface area contributed by atoms with E-state index in [0.717, 1.165) is 17.5 Å². The summed E-state index contributed by atoms with van der Waals surface area (Å²) in [6, 6.07) is 17.0. The molecule has 1 amide bonds. The van der Waals surface area contributed by atoms with Crippen LogP contribution in [0.25, 0.3) is 16.8 Å². The first kappa shape index (κ1) is 20.8. The monoisotopic (exact) mass is 435 g/mol. The molecular weight excluding hydrogens is 414 g/mol. The highest BCUT2D eigenvalue weighted by molar-refractivity contribution is 6.30. The molecule has 0 aliphatic carbocycles. The van der Waals surface area contributed by atoms with Crippen molar-refractivity contribution >= 4 is 23.0 Å². The molecule has 2 heterocycles. The van der Waals surface area contributed by atoms with Crippen molar-refractivity contribution in [2.75, 3.05) is 0 Å². The summed E-state index contributed by atoms with van der Waals surface area (Å²) in [5.41, 5.74) is 3.78. The maximum Gasteiger partial charge on any atom is 0.293 e. The Bertz CT molecular complexity index is 1290. The molecule has 7 nitrogen and oxygen atoms in total. The summed E-state index contributed by atoms with van der Waals surface area (Å²) >= 11 is 5.88. The lowest BCUT2D eigenvalue weighted by atomic mass is 10.1. The summed E-state index contributed by atoms with van der Waals surface area (Å²) in [4.78, 5) is 25.3. The first-order valence-electron chi connectivity index (χ1n) is 10.0. The van der Waals surface area contributed by atoms with Gasteiger partial charge in [0.1, 0.15) is 17.9 Å². The van der Waals surface area contributed by atoms with Gasteiger partial charge in [-0.15, -0.1) is 0 Å². The van der Waals surface area contributed by atoms with E-state index in [1.807, 2.05) is 36.4 Å². The topological polar surface area (TPSA) is 81.3 Å². The second-order valence-electron chi connectivity index (χ2n) is 7.29. The molecule has 31 heavy (non-hydrogen) atoms. The Kier molecular flexibility index (Phi) is 5.86. The third-order valence-corrected chi connectivity index (χ3v) is 5.34. The van der Waals surface area contributed by atoms with Gasteiger partial charge in [-0.05, 0) is 42.7 Å². The Labute approximate surface area is 184 Å². The van der Waals surface area contributed by atoms with Crippen LogP contribution in [0.3, 0.4) is 0 Å². The summed E-state index contributed by atoms with van der Waals surface area (Å²) in [5, 5.41) is 12.2. The number of carbonyl (C=O) groups excluding carboxylic acids is 1. The first-order valence-corrected chi connectivity index (χ1v) is 10.4. The predicted octanol–water partition coefficient (Wildman–Crippen LogP) is 3.40. The van der Waals surface area contributed by atoms with Crippen LogP contribution in [-0.2, 0) is 24.3 Å². The molecule has 0 atom stereocenters. The highest BCUT2D eigenvalue weighted by atomic mass is 35.5. The van der Waals surface area contributed by atoms with Crippen molar-refractivity contribution in [2.45, 2.75) is 33.4 Å². The van der Waals surface area contributed by atoms with Gasteiger partial charge in [0.25, 0.3) is 5.56 Å². The molecule has 0 saturated carbocycles. The molecule has 2 aromatic carbocycles. The van der Waals surface area contributed by atoms with Gasteiger partial charge in [-0.1, -0.05) is 54.9 Å². The van der Waals surface area contributed by atoms with E-state index in [1.165, 1.54) is 14.8 Å². The Morgan fingerprint density at radius 2 is 1.71 bits per heavy atom. The van der Waals surface area contributed by atoms with Crippen molar-refractivity contribution in [3.63, 3.8) is 0 Å². The second-order valence-corrected chi connectivity index (χ2v) is 7.73. The number of carbonyl (C=O) groups is 1. The van der Waals surface area contributed by atoms with E-state index < -0.39 is 0 Å². The standard InChI is InChI=1S/C23H22ClN5O2/c1-3-16-4-8-18(9-5-16)20-12-21-23(31)28(26-15(2)29(21)27-20)14-22(30)25-13-17-6-10-19(24)11-7-17/h4-12H,3,13-14H2,1-2H3,(H,25,30). The summed E-state index contributed by atoms with van der Waals surface area (Å²) in [6.45, 7) is 4.03. The smallest absolute Gasteiger partial charge is 0.293 e. The molecule has 0 unspecified atom stereocenters. The molecule has 0 saturated heterocycles. The van der Waals surface area contributed by atoms with Gasteiger partial charge >= 0.3 is 0 Å². The average Bonchev–Trinajstić information content (AvgIpc) is 3.23. The highest BCUT2D eigenvalue weighted by Gasteiger charge is 2.14. The molecule has 4 aromatic rings. The molecular formula is C23H22ClN5O2. The van der Waals surface area contributed by atoms with Gasteiger partial charge < -0.3 is 5.32 Å². The molecule has 8 heteroatoms. The second kappa shape index (κ2) is 8.73. The lowest BCUT2D eigenvalue weighted by molar-refractivity contribution is -0.122. The molecule has 4 rings (SSSR count). The summed E-state index contributed by atoms with van der Waals surface area (Å²) < 4.78 is 2.70. The molecule has 2 aromatic heterocycles. The Morgan fingerprint density at radius 3 is 2.39 bits per heavy atom. The number of nitrogens with one attached hydrogen (secondary N) is 1. The maximum absolute atomic E-state index is 12.9. The number of amides is 1. The average molecular weight is 436 g/mol. The lowest BCUT2D eigenvalue weighted by Gasteiger charge is -2.08. The van der Waals surface area contributed by atoms with Gasteiger partial charge in [0.2, 0.25) is 5.91 Å². The SMILES string of the molecule is CCc1ccc(-c2cc3c(=O)n(CC(=O)NCc4ccc(Cl)cc4)nc(C)n3n2)cc1. The zero-order chi connectivity index (χ0) is 22.0. The number of hydrogen-bond donors (Lipinski definition) is 1. The van der Waals surface area contributed by atoms with E-state index in [9.17, 15) is 9.59 Å². The minimum absolute atomic E-state index is 0.171. The summed E-state index contributed by atoms with van der Waals surface area (Å²) in [5.74, 6) is 0.222. The number of aromatic nitrogens is 4. The fraction of sp³-hybridized carbons (Fsp3) is 0.217. The van der Waals surface area contributed by atoms with E-state index in [0.29, 0.717) is 28.6 Å². The van der Waals surface area contributed by atoms with Gasteiger partial charge in [-0.2, -0.15) is 10.2 Å². The number of hydrogen-bond acceptors (Lipinski definition) is 4. The van der Waals surface area contributed by atoms with Crippen LogP contribution in [-0.4, -0.2) is 25.3 Å². The highest BCUT2D eigenvalue weighted by Crippen LogP contribution is 2.19. The van der Waals surface area contributed by atoms with Crippen LogP contribution in [0, 0.1) is 6.92 Å². The quantitative estimate of drug-likeness (QED) is 0.503. The van der Waals surface area contributed by atoms with Gasteiger partial charge in [0, 0.05) is 17.1 Å². The predicted molar refractivity (Wildman–Crippen MR) is 120 cm³/mol. The Morgan fingerprint density at radius 1 is 1.03 bits per heavy atom. The fourth-order valence-electron chi connectivity index (χ4n) is 3.33. The third-order valence-electron chi connectivity index (χ3n) is 5.09. The van der Waals surface area contributed by atoms with Crippen molar-refractivity contribution < 1.29 is 4.79 Å². The zero-order valence-electron chi connectivity index (χ0n) is 17.3. The van der Waals surface area contributed by atoms with Crippen LogP contribution in [0.15, 0.2) is 59.4 Å². The van der Waals surface area contributed by atoms with Crippen molar-refractivity contribution in [3.8, 4) is 11.3 Å². The number of rotatable bonds is 6. The molecule has 1 N–H and O–H groups in total. The van der Waals surface area contributed by atoms with Crippen molar-refractivity contribution in [3.05, 3.63) is 86.9 Å². The Balaban J connectivity index is 1.55. The molecule has 0 aliphatic heterocycles. The minimum Gasteiger partial charge on any atom is -0.350 e. The fourth-order valence-corrected chi connectivity index (χ4v) is 3.46. The molecule has 0 aliphatic rings. The van der Waals surface area contributed by atoms with Crippen LogP contribution in [0.5, 0.6) is 0 Å². The number of aryl methyl sites for hydroxylation is 2. The molecule has 0 spiro atoms. The summed E-state index contributed by atoms with van der Waals surface area (Å²) in [7, 11) is 0. The van der Waals surface area contributed by atoms with Gasteiger partial charge in [0.15, 0.2) is 0 Å². The molecule has 0 fully saturated rings. The zero-order valence-corrected chi connectivity index (χ0v) is 18.1. The lowest BCUT2D eigenvalue weighted by Crippen LogP contribution is -2.34.